The Balaban J connectivity index is 2.74. The Morgan fingerprint density at radius 3 is 2.91 bits per heavy atom. The SMILES string of the molecule is C=CCSCCNCCCN. The van der Waals surface area contributed by atoms with Gasteiger partial charge in [0.15, 0.2) is 0 Å². The maximum atomic E-state index is 5.33. The summed E-state index contributed by atoms with van der Waals surface area (Å²) in [6.45, 7) is 6.56. The van der Waals surface area contributed by atoms with Crippen molar-refractivity contribution in [2.45, 2.75) is 6.42 Å². The maximum absolute atomic E-state index is 5.33. The van der Waals surface area contributed by atoms with E-state index in [1.807, 2.05) is 17.8 Å². The summed E-state index contributed by atoms with van der Waals surface area (Å²) in [7, 11) is 0. The van der Waals surface area contributed by atoms with Gasteiger partial charge in [0, 0.05) is 18.1 Å². The summed E-state index contributed by atoms with van der Waals surface area (Å²) in [6, 6.07) is 0. The van der Waals surface area contributed by atoms with Gasteiger partial charge in [-0.3, -0.25) is 0 Å². The molecule has 0 unspecified atom stereocenters. The number of nitrogens with two attached hydrogens (primary N) is 1. The molecule has 0 atom stereocenters. The predicted octanol–water partition coefficient (Wildman–Crippen LogP) is 0.844. The molecule has 66 valence electrons. The van der Waals surface area contributed by atoms with Crippen LogP contribution in [0.3, 0.4) is 0 Å². The van der Waals surface area contributed by atoms with Crippen LogP contribution in [0, 0.1) is 0 Å². The lowest BCUT2D eigenvalue weighted by atomic mass is 10.4. The van der Waals surface area contributed by atoms with Crippen LogP contribution in [0.25, 0.3) is 0 Å². The fraction of sp³-hybridized carbons (Fsp3) is 0.750. The number of rotatable bonds is 8. The third-order valence-corrected chi connectivity index (χ3v) is 2.18. The van der Waals surface area contributed by atoms with Gasteiger partial charge in [-0.15, -0.1) is 6.58 Å². The maximum Gasteiger partial charge on any atom is 0.0111 e. The second-order valence-electron chi connectivity index (χ2n) is 2.26. The van der Waals surface area contributed by atoms with E-state index in [9.17, 15) is 0 Å². The van der Waals surface area contributed by atoms with Gasteiger partial charge in [0.1, 0.15) is 0 Å². The van der Waals surface area contributed by atoms with Crippen molar-refractivity contribution < 1.29 is 0 Å². The number of hydrogen-bond acceptors (Lipinski definition) is 3. The summed E-state index contributed by atoms with van der Waals surface area (Å²) in [5.41, 5.74) is 5.33. The number of nitrogens with one attached hydrogen (secondary N) is 1. The van der Waals surface area contributed by atoms with Crippen LogP contribution in [-0.2, 0) is 0 Å². The summed E-state index contributed by atoms with van der Waals surface area (Å²) in [5, 5.41) is 3.31. The summed E-state index contributed by atoms with van der Waals surface area (Å²) < 4.78 is 0. The number of hydrogen-bond donors (Lipinski definition) is 2. The van der Waals surface area contributed by atoms with E-state index >= 15 is 0 Å². The van der Waals surface area contributed by atoms with E-state index in [1.165, 1.54) is 0 Å². The Morgan fingerprint density at radius 2 is 2.27 bits per heavy atom. The second-order valence-corrected chi connectivity index (χ2v) is 3.41. The largest absolute Gasteiger partial charge is 0.330 e. The van der Waals surface area contributed by atoms with Crippen LogP contribution in [0.5, 0.6) is 0 Å². The van der Waals surface area contributed by atoms with E-state index in [0.29, 0.717) is 0 Å². The Kier molecular flexibility index (Phi) is 10.0. The normalized spacial score (nSPS) is 9.91. The lowest BCUT2D eigenvalue weighted by molar-refractivity contribution is 0.683. The molecular formula is C8H18N2S. The smallest absolute Gasteiger partial charge is 0.0111 e. The average molecular weight is 174 g/mol. The summed E-state index contributed by atoms with van der Waals surface area (Å²) in [5.74, 6) is 2.22. The molecule has 0 aliphatic heterocycles. The fourth-order valence-electron chi connectivity index (χ4n) is 0.663. The molecule has 2 nitrogen and oxygen atoms in total. The predicted molar refractivity (Wildman–Crippen MR) is 54.1 cm³/mol. The van der Waals surface area contributed by atoms with Crippen LogP contribution >= 0.6 is 11.8 Å². The third kappa shape index (κ3) is 10.0. The van der Waals surface area contributed by atoms with Crippen LogP contribution in [0.15, 0.2) is 12.7 Å². The molecule has 3 heteroatoms. The minimum absolute atomic E-state index is 0.785. The van der Waals surface area contributed by atoms with Gasteiger partial charge in [-0.2, -0.15) is 11.8 Å². The van der Waals surface area contributed by atoms with Gasteiger partial charge in [0.2, 0.25) is 0 Å². The van der Waals surface area contributed by atoms with E-state index < -0.39 is 0 Å². The van der Waals surface area contributed by atoms with E-state index in [0.717, 1.165) is 37.6 Å². The topological polar surface area (TPSA) is 38.0 Å². The number of thioether (sulfide) groups is 1. The van der Waals surface area contributed by atoms with Crippen molar-refractivity contribution in [2.24, 2.45) is 5.73 Å². The molecule has 0 saturated carbocycles. The van der Waals surface area contributed by atoms with E-state index in [-0.39, 0.29) is 0 Å². The molecule has 0 spiro atoms. The first-order valence-corrected chi connectivity index (χ1v) is 5.16. The molecule has 0 amide bonds. The molecule has 0 aliphatic carbocycles. The Labute approximate surface area is 73.6 Å². The molecular weight excluding hydrogens is 156 g/mol. The summed E-state index contributed by atoms with van der Waals surface area (Å²) >= 11 is 1.90. The first-order valence-electron chi connectivity index (χ1n) is 4.01. The van der Waals surface area contributed by atoms with Crippen molar-refractivity contribution in [2.75, 3.05) is 31.1 Å². The minimum Gasteiger partial charge on any atom is -0.330 e. The van der Waals surface area contributed by atoms with Crippen molar-refractivity contribution in [3.63, 3.8) is 0 Å². The molecule has 0 rings (SSSR count). The molecule has 0 aromatic heterocycles. The van der Waals surface area contributed by atoms with Crippen molar-refractivity contribution in [3.05, 3.63) is 12.7 Å². The van der Waals surface area contributed by atoms with E-state index in [1.54, 1.807) is 0 Å². The molecule has 0 bridgehead atoms. The highest BCUT2D eigenvalue weighted by Gasteiger charge is 1.86. The first kappa shape index (κ1) is 11.0. The molecule has 3 N–H and O–H groups in total. The highest BCUT2D eigenvalue weighted by Crippen LogP contribution is 1.96. The van der Waals surface area contributed by atoms with Crippen LogP contribution in [0.4, 0.5) is 0 Å². The molecule has 0 radical (unpaired) electrons. The van der Waals surface area contributed by atoms with Gasteiger partial charge >= 0.3 is 0 Å². The van der Waals surface area contributed by atoms with Gasteiger partial charge in [-0.1, -0.05) is 6.08 Å². The van der Waals surface area contributed by atoms with E-state index in [4.69, 9.17) is 5.73 Å². The van der Waals surface area contributed by atoms with Crippen molar-refractivity contribution in [1.29, 1.82) is 0 Å². The van der Waals surface area contributed by atoms with Crippen LogP contribution in [-0.4, -0.2) is 31.1 Å². The van der Waals surface area contributed by atoms with Crippen molar-refractivity contribution in [3.8, 4) is 0 Å². The molecule has 0 heterocycles. The Morgan fingerprint density at radius 1 is 1.45 bits per heavy atom. The van der Waals surface area contributed by atoms with Gasteiger partial charge in [-0.25, -0.2) is 0 Å². The standard InChI is InChI=1S/C8H18N2S/c1-2-7-11-8-6-10-5-3-4-9/h2,10H,1,3-9H2. The zero-order chi connectivity index (χ0) is 8.36. The molecule has 0 aliphatic rings. The van der Waals surface area contributed by atoms with E-state index in [2.05, 4.69) is 11.9 Å². The monoisotopic (exact) mass is 174 g/mol. The molecule has 0 saturated heterocycles. The van der Waals surface area contributed by atoms with Crippen LogP contribution in [0.2, 0.25) is 0 Å². The summed E-state index contributed by atoms with van der Waals surface area (Å²) in [6.07, 6.45) is 3.01. The Hall–Kier alpha value is 0.01000. The minimum atomic E-state index is 0.785. The van der Waals surface area contributed by atoms with Gasteiger partial charge in [0.25, 0.3) is 0 Å². The zero-order valence-corrected chi connectivity index (χ0v) is 7.83. The lowest BCUT2D eigenvalue weighted by Gasteiger charge is -2.01. The first-order chi connectivity index (χ1) is 5.41. The third-order valence-electron chi connectivity index (χ3n) is 1.22. The van der Waals surface area contributed by atoms with Crippen LogP contribution < -0.4 is 11.1 Å². The molecule has 0 aromatic carbocycles. The van der Waals surface area contributed by atoms with Crippen molar-refractivity contribution >= 4 is 11.8 Å². The van der Waals surface area contributed by atoms with Gasteiger partial charge < -0.3 is 11.1 Å². The molecule has 0 aromatic rings. The highest BCUT2D eigenvalue weighted by molar-refractivity contribution is 7.99. The molecule has 11 heavy (non-hydrogen) atoms. The van der Waals surface area contributed by atoms with Crippen LogP contribution in [0.1, 0.15) is 6.42 Å². The lowest BCUT2D eigenvalue weighted by Crippen LogP contribution is -2.20. The molecule has 0 fully saturated rings. The Bertz CT molecular complexity index is 86.2. The summed E-state index contributed by atoms with van der Waals surface area (Å²) in [4.78, 5) is 0. The quantitative estimate of drug-likeness (QED) is 0.423. The van der Waals surface area contributed by atoms with Gasteiger partial charge in [0.05, 0.1) is 0 Å². The van der Waals surface area contributed by atoms with Gasteiger partial charge in [-0.05, 0) is 19.5 Å². The highest BCUT2D eigenvalue weighted by atomic mass is 32.2. The fourth-order valence-corrected chi connectivity index (χ4v) is 1.29. The second kappa shape index (κ2) is 10.0. The average Bonchev–Trinajstić information content (AvgIpc) is 2.03. The zero-order valence-electron chi connectivity index (χ0n) is 7.01. The van der Waals surface area contributed by atoms with Crippen molar-refractivity contribution in [1.82, 2.24) is 5.32 Å².